The molecule has 2 aromatic heterocycles. The number of sulfonamides is 1. The van der Waals surface area contributed by atoms with Crippen molar-refractivity contribution in [2.24, 2.45) is 0 Å². The average molecular weight is 588 g/mol. The number of ether oxygens (including phenoxy) is 1. The van der Waals surface area contributed by atoms with E-state index in [4.69, 9.17) is 16.3 Å². The van der Waals surface area contributed by atoms with E-state index in [9.17, 15) is 13.2 Å². The summed E-state index contributed by atoms with van der Waals surface area (Å²) in [4.78, 5) is 21.1. The Kier molecular flexibility index (Phi) is 8.15. The van der Waals surface area contributed by atoms with Gasteiger partial charge in [0, 0.05) is 33.9 Å². The van der Waals surface area contributed by atoms with Crippen LogP contribution >= 0.6 is 11.6 Å². The molecule has 0 saturated heterocycles. The largest absolute Gasteiger partial charge is 0.494 e. The number of aromatic nitrogens is 2. The Morgan fingerprint density at radius 3 is 2.39 bits per heavy atom. The summed E-state index contributed by atoms with van der Waals surface area (Å²) < 4.78 is 34.2. The molecule has 7 nitrogen and oxygen atoms in total. The molecule has 5 aromatic rings. The zero-order valence-corrected chi connectivity index (χ0v) is 24.6. The summed E-state index contributed by atoms with van der Waals surface area (Å²) in [6.45, 7) is 6.27. The zero-order chi connectivity index (χ0) is 29.1. The smallest absolute Gasteiger partial charge is 0.281 e. The Bertz CT molecular complexity index is 1830. The molecule has 0 aliphatic rings. The van der Waals surface area contributed by atoms with Crippen LogP contribution in [0.1, 0.15) is 39.2 Å². The van der Waals surface area contributed by atoms with Gasteiger partial charge in [-0.05, 0) is 86.2 Å². The number of carbonyl (C=O) groups excluding carboxylic acids is 1. The van der Waals surface area contributed by atoms with Gasteiger partial charge in [0.15, 0.2) is 0 Å². The van der Waals surface area contributed by atoms with Crippen LogP contribution in [0, 0.1) is 20.8 Å². The van der Waals surface area contributed by atoms with E-state index < -0.39 is 15.9 Å². The standard InChI is InChI=1S/C32H30ClN3O4S/c1-20-14-15-34-19-28(20)27-12-7-11-25-26(13-8-16-40-23-17-21(2)29(33)22(3)18-23)31(35-30(25)27)32(37)36-41(38,39)24-9-5-4-6-10-24/h4-7,9-12,14-15,17-19,35H,8,13,16H2,1-3H3,(H,36,37). The summed E-state index contributed by atoms with van der Waals surface area (Å²) in [5, 5.41) is 1.56. The second-order valence-corrected chi connectivity index (χ2v) is 12.0. The number of H-pyrrole nitrogens is 1. The Balaban J connectivity index is 1.48. The topological polar surface area (TPSA) is 101 Å². The van der Waals surface area contributed by atoms with Crippen LogP contribution in [0.5, 0.6) is 5.75 Å². The van der Waals surface area contributed by atoms with E-state index in [1.807, 2.05) is 57.2 Å². The van der Waals surface area contributed by atoms with Gasteiger partial charge in [0.2, 0.25) is 0 Å². The molecule has 0 saturated carbocycles. The fraction of sp³-hybridized carbons (Fsp3) is 0.188. The minimum atomic E-state index is -4.07. The van der Waals surface area contributed by atoms with Crippen molar-refractivity contribution in [3.63, 3.8) is 0 Å². The van der Waals surface area contributed by atoms with E-state index in [1.165, 1.54) is 12.1 Å². The van der Waals surface area contributed by atoms with Crippen LogP contribution in [0.3, 0.4) is 0 Å². The van der Waals surface area contributed by atoms with Crippen LogP contribution in [0.15, 0.2) is 84.0 Å². The minimum Gasteiger partial charge on any atom is -0.494 e. The summed E-state index contributed by atoms with van der Waals surface area (Å²) in [6, 6.07) is 19.4. The van der Waals surface area contributed by atoms with E-state index in [0.29, 0.717) is 19.4 Å². The lowest BCUT2D eigenvalue weighted by molar-refractivity contribution is 0.0976. The van der Waals surface area contributed by atoms with Gasteiger partial charge in [0.25, 0.3) is 15.9 Å². The van der Waals surface area contributed by atoms with Crippen molar-refractivity contribution in [1.82, 2.24) is 14.7 Å². The molecule has 41 heavy (non-hydrogen) atoms. The molecule has 0 spiro atoms. The highest BCUT2D eigenvalue weighted by Gasteiger charge is 2.24. The van der Waals surface area contributed by atoms with Crippen molar-refractivity contribution in [3.8, 4) is 16.9 Å². The van der Waals surface area contributed by atoms with Crippen molar-refractivity contribution in [2.75, 3.05) is 6.61 Å². The summed E-state index contributed by atoms with van der Waals surface area (Å²) in [6.07, 6.45) is 4.59. The molecule has 0 aliphatic carbocycles. The first kappa shape index (κ1) is 28.4. The SMILES string of the molecule is Cc1ccncc1-c1cccc2c(CCCOc3cc(C)c(Cl)c(C)c3)c(C(=O)NS(=O)(=O)c3ccccc3)[nH]c12. The first-order valence-electron chi connectivity index (χ1n) is 13.2. The van der Waals surface area contributed by atoms with Crippen LogP contribution in [-0.2, 0) is 16.4 Å². The third-order valence-electron chi connectivity index (χ3n) is 7.03. The number of rotatable bonds is 9. The van der Waals surface area contributed by atoms with Crippen molar-refractivity contribution in [1.29, 1.82) is 0 Å². The first-order valence-corrected chi connectivity index (χ1v) is 15.1. The highest BCUT2D eigenvalue weighted by Crippen LogP contribution is 2.34. The molecule has 0 aliphatic heterocycles. The van der Waals surface area contributed by atoms with Crippen molar-refractivity contribution in [3.05, 3.63) is 112 Å². The Morgan fingerprint density at radius 1 is 0.951 bits per heavy atom. The molecule has 1 amide bonds. The van der Waals surface area contributed by atoms with Gasteiger partial charge >= 0.3 is 0 Å². The number of aryl methyl sites for hydroxylation is 4. The van der Waals surface area contributed by atoms with Gasteiger partial charge < -0.3 is 9.72 Å². The molecule has 0 unspecified atom stereocenters. The van der Waals surface area contributed by atoms with Crippen molar-refractivity contribution in [2.45, 2.75) is 38.5 Å². The molecule has 2 N–H and O–H groups in total. The third kappa shape index (κ3) is 5.99. The zero-order valence-electron chi connectivity index (χ0n) is 23.0. The molecular weight excluding hydrogens is 558 g/mol. The number of amides is 1. The lowest BCUT2D eigenvalue weighted by atomic mass is 9.98. The number of pyridine rings is 1. The lowest BCUT2D eigenvalue weighted by Crippen LogP contribution is -2.31. The van der Waals surface area contributed by atoms with Crippen LogP contribution in [0.4, 0.5) is 0 Å². The highest BCUT2D eigenvalue weighted by molar-refractivity contribution is 7.90. The third-order valence-corrected chi connectivity index (χ3v) is 8.97. The summed E-state index contributed by atoms with van der Waals surface area (Å²) >= 11 is 6.29. The Morgan fingerprint density at radius 2 is 1.68 bits per heavy atom. The second kappa shape index (κ2) is 11.8. The fourth-order valence-corrected chi connectivity index (χ4v) is 6.05. The maximum absolute atomic E-state index is 13.5. The van der Waals surface area contributed by atoms with Gasteiger partial charge in [0.1, 0.15) is 11.4 Å². The molecule has 9 heteroatoms. The van der Waals surface area contributed by atoms with E-state index >= 15 is 0 Å². The monoisotopic (exact) mass is 587 g/mol. The average Bonchev–Trinajstić information content (AvgIpc) is 3.33. The summed E-state index contributed by atoms with van der Waals surface area (Å²) in [5.74, 6) is 0.00312. The summed E-state index contributed by atoms with van der Waals surface area (Å²) in [7, 11) is -4.07. The number of nitrogens with one attached hydrogen (secondary N) is 2. The number of aromatic amines is 1. The van der Waals surface area contributed by atoms with Gasteiger partial charge in [-0.15, -0.1) is 0 Å². The maximum atomic E-state index is 13.5. The van der Waals surface area contributed by atoms with E-state index in [-0.39, 0.29) is 10.6 Å². The van der Waals surface area contributed by atoms with Gasteiger partial charge in [0.05, 0.1) is 17.0 Å². The summed E-state index contributed by atoms with van der Waals surface area (Å²) in [5.41, 5.74) is 6.37. The quantitative estimate of drug-likeness (QED) is 0.182. The number of halogens is 1. The van der Waals surface area contributed by atoms with E-state index in [2.05, 4.69) is 14.7 Å². The molecule has 210 valence electrons. The number of fused-ring (bicyclic) bond motifs is 1. The Hall–Kier alpha value is -4.14. The predicted octanol–water partition coefficient (Wildman–Crippen LogP) is 6.94. The molecular formula is C32H30ClN3O4S. The van der Waals surface area contributed by atoms with Crippen molar-refractivity contribution < 1.29 is 17.9 Å². The number of hydrogen-bond donors (Lipinski definition) is 2. The van der Waals surface area contributed by atoms with Crippen LogP contribution in [0.2, 0.25) is 5.02 Å². The molecule has 0 atom stereocenters. The van der Waals surface area contributed by atoms with Gasteiger partial charge in [-0.25, -0.2) is 13.1 Å². The molecule has 0 bridgehead atoms. The predicted molar refractivity (Wildman–Crippen MR) is 162 cm³/mol. The normalized spacial score (nSPS) is 11.5. The number of para-hydroxylation sites is 1. The number of benzene rings is 3. The van der Waals surface area contributed by atoms with Gasteiger partial charge in [-0.3, -0.25) is 9.78 Å². The highest BCUT2D eigenvalue weighted by atomic mass is 35.5. The molecule has 0 fully saturated rings. The molecule has 0 radical (unpaired) electrons. The molecule has 5 rings (SSSR count). The van der Waals surface area contributed by atoms with Crippen molar-refractivity contribution >= 4 is 38.4 Å². The van der Waals surface area contributed by atoms with Crippen LogP contribution in [-0.4, -0.2) is 30.9 Å². The Labute approximate surface area is 244 Å². The van der Waals surface area contributed by atoms with Crippen LogP contribution < -0.4 is 9.46 Å². The maximum Gasteiger partial charge on any atom is 0.281 e. The van der Waals surface area contributed by atoms with E-state index in [0.717, 1.165) is 55.1 Å². The lowest BCUT2D eigenvalue weighted by Gasteiger charge is -2.11. The van der Waals surface area contributed by atoms with Gasteiger partial charge in [-0.2, -0.15) is 0 Å². The fourth-order valence-electron chi connectivity index (χ4n) is 4.96. The number of nitrogens with zero attached hydrogens (tertiary/aromatic N) is 1. The number of carbonyl (C=O) groups is 1. The minimum absolute atomic E-state index is 0.0136. The molecule has 3 aromatic carbocycles. The second-order valence-electron chi connectivity index (χ2n) is 9.97. The first-order chi connectivity index (χ1) is 19.7. The van der Waals surface area contributed by atoms with Crippen LogP contribution in [0.25, 0.3) is 22.0 Å². The molecule has 2 heterocycles. The number of hydrogen-bond acceptors (Lipinski definition) is 5. The van der Waals surface area contributed by atoms with Gasteiger partial charge in [-0.1, -0.05) is 48.0 Å². The van der Waals surface area contributed by atoms with E-state index in [1.54, 1.807) is 30.6 Å².